The van der Waals surface area contributed by atoms with Gasteiger partial charge in [-0.05, 0) is 23.6 Å². The number of rotatable bonds is 3. The number of pyridine rings is 1. The highest BCUT2D eigenvalue weighted by Crippen LogP contribution is 2.13. The third kappa shape index (κ3) is 2.16. The summed E-state index contributed by atoms with van der Waals surface area (Å²) in [7, 11) is 0. The van der Waals surface area contributed by atoms with Crippen LogP contribution in [0, 0.1) is 0 Å². The highest BCUT2D eigenvalue weighted by atomic mass is 16.1. The minimum absolute atomic E-state index is 0.417. The Bertz CT molecular complexity index is 268. The lowest BCUT2D eigenvalue weighted by Gasteiger charge is -2.04. The average molecular weight is 163 g/mol. The molecule has 0 amide bonds. The van der Waals surface area contributed by atoms with Gasteiger partial charge in [0.2, 0.25) is 0 Å². The Labute approximate surface area is 72.6 Å². The fourth-order valence-corrected chi connectivity index (χ4v) is 1.05. The van der Waals surface area contributed by atoms with Crippen LogP contribution < -0.4 is 0 Å². The maximum Gasteiger partial charge on any atom is 0.125 e. The van der Waals surface area contributed by atoms with Crippen molar-refractivity contribution < 1.29 is 4.79 Å². The molecule has 1 aromatic heterocycles. The second-order valence-electron chi connectivity index (χ2n) is 3.11. The van der Waals surface area contributed by atoms with Gasteiger partial charge < -0.3 is 4.79 Å². The van der Waals surface area contributed by atoms with E-state index in [0.717, 1.165) is 12.0 Å². The summed E-state index contributed by atoms with van der Waals surface area (Å²) in [5, 5.41) is 0. The fraction of sp³-hybridized carbons (Fsp3) is 0.400. The molecule has 1 rings (SSSR count). The SMILES string of the molecule is CC(C)c1ccnc(CC=O)c1. The summed E-state index contributed by atoms with van der Waals surface area (Å²) in [6, 6.07) is 3.97. The Morgan fingerprint density at radius 2 is 2.33 bits per heavy atom. The molecule has 0 aliphatic carbocycles. The average Bonchev–Trinajstić information content (AvgIpc) is 2.05. The molecule has 0 aliphatic heterocycles. The van der Waals surface area contributed by atoms with Crippen molar-refractivity contribution >= 4 is 6.29 Å². The van der Waals surface area contributed by atoms with Crippen molar-refractivity contribution in [2.45, 2.75) is 26.2 Å². The van der Waals surface area contributed by atoms with Crippen molar-refractivity contribution in [2.75, 3.05) is 0 Å². The van der Waals surface area contributed by atoms with Gasteiger partial charge in [-0.1, -0.05) is 13.8 Å². The number of aldehydes is 1. The Morgan fingerprint density at radius 3 is 2.92 bits per heavy atom. The largest absolute Gasteiger partial charge is 0.303 e. The van der Waals surface area contributed by atoms with Crippen molar-refractivity contribution in [1.29, 1.82) is 0 Å². The molecule has 0 saturated heterocycles. The monoisotopic (exact) mass is 163 g/mol. The highest BCUT2D eigenvalue weighted by molar-refractivity contribution is 5.53. The van der Waals surface area contributed by atoms with Crippen LogP contribution >= 0.6 is 0 Å². The number of nitrogens with zero attached hydrogens (tertiary/aromatic N) is 1. The van der Waals surface area contributed by atoms with E-state index in [4.69, 9.17) is 0 Å². The Hall–Kier alpha value is -1.18. The molecule has 0 aliphatic rings. The molecule has 0 unspecified atom stereocenters. The van der Waals surface area contributed by atoms with Crippen LogP contribution in [0.25, 0.3) is 0 Å². The van der Waals surface area contributed by atoms with Crippen molar-refractivity contribution in [3.8, 4) is 0 Å². The third-order valence-electron chi connectivity index (χ3n) is 1.80. The molecular weight excluding hydrogens is 150 g/mol. The number of aromatic nitrogens is 1. The Kier molecular flexibility index (Phi) is 2.97. The van der Waals surface area contributed by atoms with E-state index >= 15 is 0 Å². The molecule has 0 aromatic carbocycles. The maximum absolute atomic E-state index is 10.2. The second-order valence-corrected chi connectivity index (χ2v) is 3.11. The van der Waals surface area contributed by atoms with Crippen molar-refractivity contribution in [3.05, 3.63) is 29.6 Å². The first-order valence-electron chi connectivity index (χ1n) is 4.12. The molecule has 0 saturated carbocycles. The van der Waals surface area contributed by atoms with Crippen molar-refractivity contribution in [1.82, 2.24) is 4.98 Å². The highest BCUT2D eigenvalue weighted by Gasteiger charge is 2.00. The van der Waals surface area contributed by atoms with Crippen LogP contribution in [0.15, 0.2) is 18.3 Å². The van der Waals surface area contributed by atoms with E-state index in [1.54, 1.807) is 6.20 Å². The van der Waals surface area contributed by atoms with Crippen LogP contribution in [0.4, 0.5) is 0 Å². The molecule has 64 valence electrons. The van der Waals surface area contributed by atoms with Gasteiger partial charge in [-0.2, -0.15) is 0 Å². The van der Waals surface area contributed by atoms with E-state index in [2.05, 4.69) is 18.8 Å². The Balaban J connectivity index is 2.87. The van der Waals surface area contributed by atoms with Crippen LogP contribution in [-0.2, 0) is 11.2 Å². The van der Waals surface area contributed by atoms with Gasteiger partial charge in [-0.3, -0.25) is 4.98 Å². The van der Waals surface area contributed by atoms with E-state index in [1.165, 1.54) is 5.56 Å². The first-order chi connectivity index (χ1) is 5.74. The lowest BCUT2D eigenvalue weighted by molar-refractivity contribution is -0.107. The Morgan fingerprint density at radius 1 is 1.58 bits per heavy atom. The molecule has 0 N–H and O–H groups in total. The predicted molar refractivity (Wildman–Crippen MR) is 48.1 cm³/mol. The molecule has 2 heteroatoms. The van der Waals surface area contributed by atoms with Gasteiger partial charge in [-0.25, -0.2) is 0 Å². The number of hydrogen-bond acceptors (Lipinski definition) is 2. The summed E-state index contributed by atoms with van der Waals surface area (Å²) >= 11 is 0. The molecule has 0 fully saturated rings. The van der Waals surface area contributed by atoms with Crippen molar-refractivity contribution in [3.63, 3.8) is 0 Å². The first kappa shape index (κ1) is 8.91. The van der Waals surface area contributed by atoms with Crippen molar-refractivity contribution in [2.24, 2.45) is 0 Å². The summed E-state index contributed by atoms with van der Waals surface area (Å²) in [4.78, 5) is 14.3. The lowest BCUT2D eigenvalue weighted by Crippen LogP contribution is -1.94. The van der Waals surface area contributed by atoms with Gasteiger partial charge in [0.1, 0.15) is 6.29 Å². The topological polar surface area (TPSA) is 30.0 Å². The van der Waals surface area contributed by atoms with E-state index in [1.807, 2.05) is 12.1 Å². The summed E-state index contributed by atoms with van der Waals surface area (Å²) in [6.07, 6.45) is 3.06. The lowest BCUT2D eigenvalue weighted by atomic mass is 10.0. The zero-order valence-electron chi connectivity index (χ0n) is 7.45. The quantitative estimate of drug-likeness (QED) is 0.637. The summed E-state index contributed by atoms with van der Waals surface area (Å²) in [5.74, 6) is 0.499. The van der Waals surface area contributed by atoms with Gasteiger partial charge in [0.25, 0.3) is 0 Å². The van der Waals surface area contributed by atoms with E-state index in [0.29, 0.717) is 12.3 Å². The minimum atomic E-state index is 0.417. The first-order valence-corrected chi connectivity index (χ1v) is 4.12. The van der Waals surface area contributed by atoms with Gasteiger partial charge in [-0.15, -0.1) is 0 Å². The number of carbonyl (C=O) groups is 1. The van der Waals surface area contributed by atoms with E-state index < -0.39 is 0 Å². The molecule has 0 spiro atoms. The van der Waals surface area contributed by atoms with Gasteiger partial charge in [0.15, 0.2) is 0 Å². The van der Waals surface area contributed by atoms with Gasteiger partial charge in [0, 0.05) is 18.3 Å². The number of carbonyl (C=O) groups excluding carboxylic acids is 1. The molecule has 1 aromatic rings. The van der Waals surface area contributed by atoms with Crippen LogP contribution in [0.1, 0.15) is 31.0 Å². The summed E-state index contributed by atoms with van der Waals surface area (Å²) in [6.45, 7) is 4.25. The molecule has 0 atom stereocenters. The van der Waals surface area contributed by atoms with E-state index in [-0.39, 0.29) is 0 Å². The molecule has 12 heavy (non-hydrogen) atoms. The van der Waals surface area contributed by atoms with Gasteiger partial charge in [0.05, 0.1) is 0 Å². The molecule has 0 radical (unpaired) electrons. The predicted octanol–water partition coefficient (Wildman–Crippen LogP) is 1.95. The van der Waals surface area contributed by atoms with Crippen LogP contribution in [0.3, 0.4) is 0 Å². The van der Waals surface area contributed by atoms with Crippen LogP contribution in [0.2, 0.25) is 0 Å². The second kappa shape index (κ2) is 4.00. The van der Waals surface area contributed by atoms with Crippen LogP contribution in [0.5, 0.6) is 0 Å². The minimum Gasteiger partial charge on any atom is -0.303 e. The van der Waals surface area contributed by atoms with Crippen LogP contribution in [-0.4, -0.2) is 11.3 Å². The zero-order chi connectivity index (χ0) is 8.97. The standard InChI is InChI=1S/C10H13NO/c1-8(2)9-3-5-11-10(7-9)4-6-12/h3,5-8H,4H2,1-2H3. The summed E-state index contributed by atoms with van der Waals surface area (Å²) in [5.41, 5.74) is 2.10. The fourth-order valence-electron chi connectivity index (χ4n) is 1.05. The smallest absolute Gasteiger partial charge is 0.125 e. The molecule has 2 nitrogen and oxygen atoms in total. The summed E-state index contributed by atoms with van der Waals surface area (Å²) < 4.78 is 0. The normalized spacial score (nSPS) is 10.2. The third-order valence-corrected chi connectivity index (χ3v) is 1.80. The molecular formula is C10H13NO. The molecule has 0 bridgehead atoms. The molecule has 1 heterocycles. The number of hydrogen-bond donors (Lipinski definition) is 0. The van der Waals surface area contributed by atoms with E-state index in [9.17, 15) is 4.79 Å². The maximum atomic E-state index is 10.2. The van der Waals surface area contributed by atoms with Gasteiger partial charge >= 0.3 is 0 Å². The zero-order valence-corrected chi connectivity index (χ0v) is 7.45.